The van der Waals surface area contributed by atoms with Crippen LogP contribution in [0.3, 0.4) is 0 Å². The number of carbonyl (C=O) groups excluding carboxylic acids is 2. The van der Waals surface area contributed by atoms with Crippen LogP contribution in [0.4, 0.5) is 5.69 Å². The van der Waals surface area contributed by atoms with Gasteiger partial charge in [-0.25, -0.2) is 8.42 Å². The molecule has 10 heteroatoms. The number of aryl methyl sites for hydroxylation is 2. The van der Waals surface area contributed by atoms with Gasteiger partial charge in [-0.05, 0) is 50.5 Å². The Morgan fingerprint density at radius 3 is 2.22 bits per heavy atom. The monoisotopic (exact) mass is 555 g/mol. The number of hydrogen-bond acceptors (Lipinski definition) is 4. The molecule has 0 radical (unpaired) electrons. The molecule has 2 amide bonds. The van der Waals surface area contributed by atoms with E-state index >= 15 is 0 Å². The summed E-state index contributed by atoms with van der Waals surface area (Å²) < 4.78 is 26.6. The first-order valence-corrected chi connectivity index (χ1v) is 14.6. The summed E-state index contributed by atoms with van der Waals surface area (Å²) in [7, 11) is -3.81. The van der Waals surface area contributed by atoms with E-state index in [1.807, 2.05) is 19.9 Å². The van der Waals surface area contributed by atoms with Gasteiger partial charge < -0.3 is 10.2 Å². The quantitative estimate of drug-likeness (QED) is 0.369. The second kappa shape index (κ2) is 13.3. The molecule has 198 valence electrons. The molecule has 2 rings (SSSR count). The SMILES string of the molecule is CCCCNC(=O)C(CC)N(Cc1c(Cl)cccc1Cl)C(=O)CN(c1ccc(C)cc1C)S(C)(=O)=O. The molecular formula is C26H35Cl2N3O4S. The summed E-state index contributed by atoms with van der Waals surface area (Å²) in [6, 6.07) is 9.52. The molecule has 0 fully saturated rings. The van der Waals surface area contributed by atoms with Crippen molar-refractivity contribution >= 4 is 50.7 Å². The van der Waals surface area contributed by atoms with Crippen LogP contribution in [-0.4, -0.2) is 50.5 Å². The number of hydrogen-bond donors (Lipinski definition) is 1. The lowest BCUT2D eigenvalue weighted by Gasteiger charge is -2.33. The summed E-state index contributed by atoms with van der Waals surface area (Å²) in [4.78, 5) is 28.2. The minimum Gasteiger partial charge on any atom is -0.354 e. The van der Waals surface area contributed by atoms with Gasteiger partial charge in [0.15, 0.2) is 0 Å². The van der Waals surface area contributed by atoms with Crippen molar-refractivity contribution in [3.63, 3.8) is 0 Å². The van der Waals surface area contributed by atoms with Gasteiger partial charge in [-0.3, -0.25) is 13.9 Å². The van der Waals surface area contributed by atoms with Crippen LogP contribution in [0.1, 0.15) is 49.8 Å². The number of rotatable bonds is 12. The molecule has 36 heavy (non-hydrogen) atoms. The minimum atomic E-state index is -3.81. The minimum absolute atomic E-state index is 0.0402. The van der Waals surface area contributed by atoms with Gasteiger partial charge in [-0.15, -0.1) is 0 Å². The van der Waals surface area contributed by atoms with Gasteiger partial charge in [0.25, 0.3) is 0 Å². The van der Waals surface area contributed by atoms with Crippen LogP contribution in [0.15, 0.2) is 36.4 Å². The van der Waals surface area contributed by atoms with Crippen molar-refractivity contribution in [2.24, 2.45) is 0 Å². The number of carbonyl (C=O) groups is 2. The molecule has 0 aliphatic heterocycles. The van der Waals surface area contributed by atoms with E-state index in [-0.39, 0.29) is 12.5 Å². The van der Waals surface area contributed by atoms with E-state index in [2.05, 4.69) is 5.32 Å². The maximum atomic E-state index is 13.8. The van der Waals surface area contributed by atoms with Gasteiger partial charge in [-0.1, -0.05) is 67.2 Å². The van der Waals surface area contributed by atoms with Gasteiger partial charge in [0.05, 0.1) is 11.9 Å². The first-order chi connectivity index (χ1) is 16.9. The fourth-order valence-corrected chi connectivity index (χ4v) is 5.38. The zero-order chi connectivity index (χ0) is 27.0. The van der Waals surface area contributed by atoms with Gasteiger partial charge in [-0.2, -0.15) is 0 Å². The Hall–Kier alpha value is -2.29. The lowest BCUT2D eigenvalue weighted by molar-refractivity contribution is -0.140. The highest BCUT2D eigenvalue weighted by molar-refractivity contribution is 7.92. The van der Waals surface area contributed by atoms with E-state index in [4.69, 9.17) is 23.2 Å². The average Bonchev–Trinajstić information content (AvgIpc) is 2.79. The summed E-state index contributed by atoms with van der Waals surface area (Å²) in [5, 5.41) is 3.60. The number of amides is 2. The van der Waals surface area contributed by atoms with Crippen molar-refractivity contribution in [1.82, 2.24) is 10.2 Å². The van der Waals surface area contributed by atoms with Gasteiger partial charge >= 0.3 is 0 Å². The zero-order valence-corrected chi connectivity index (χ0v) is 23.8. The first kappa shape index (κ1) is 29.9. The van der Waals surface area contributed by atoms with Gasteiger partial charge in [0.2, 0.25) is 21.8 Å². The van der Waals surface area contributed by atoms with Crippen LogP contribution in [0, 0.1) is 13.8 Å². The molecule has 1 N–H and O–H groups in total. The van der Waals surface area contributed by atoms with Crippen molar-refractivity contribution in [2.75, 3.05) is 23.7 Å². The lowest BCUT2D eigenvalue weighted by Crippen LogP contribution is -2.52. The number of anilines is 1. The van der Waals surface area contributed by atoms with Crippen LogP contribution in [0.5, 0.6) is 0 Å². The Kier molecular flexibility index (Phi) is 11.1. The number of sulfonamides is 1. The molecule has 0 spiro atoms. The van der Waals surface area contributed by atoms with Crippen LogP contribution in [-0.2, 0) is 26.2 Å². The summed E-state index contributed by atoms with van der Waals surface area (Å²) in [6.45, 7) is 7.50. The highest BCUT2D eigenvalue weighted by Gasteiger charge is 2.32. The molecule has 0 aliphatic carbocycles. The zero-order valence-electron chi connectivity index (χ0n) is 21.5. The van der Waals surface area contributed by atoms with E-state index in [0.717, 1.165) is 34.5 Å². The Morgan fingerprint density at radius 1 is 1.06 bits per heavy atom. The largest absolute Gasteiger partial charge is 0.354 e. The van der Waals surface area contributed by atoms with Crippen LogP contribution < -0.4 is 9.62 Å². The van der Waals surface area contributed by atoms with Crippen molar-refractivity contribution in [2.45, 2.75) is 59.5 Å². The Balaban J connectivity index is 2.50. The molecule has 0 saturated heterocycles. The number of benzene rings is 2. The third-order valence-electron chi connectivity index (χ3n) is 5.91. The molecule has 1 unspecified atom stereocenters. The number of halogens is 2. The fourth-order valence-electron chi connectivity index (χ4n) is 3.96. The fraction of sp³-hybridized carbons (Fsp3) is 0.462. The third kappa shape index (κ3) is 7.85. The summed E-state index contributed by atoms with van der Waals surface area (Å²) >= 11 is 12.8. The van der Waals surface area contributed by atoms with Crippen molar-refractivity contribution < 1.29 is 18.0 Å². The Bertz CT molecular complexity index is 1170. The van der Waals surface area contributed by atoms with Crippen molar-refractivity contribution in [3.8, 4) is 0 Å². The maximum Gasteiger partial charge on any atom is 0.244 e. The van der Waals surface area contributed by atoms with Crippen LogP contribution >= 0.6 is 23.2 Å². The van der Waals surface area contributed by atoms with Crippen LogP contribution in [0.2, 0.25) is 10.0 Å². The predicted octanol–water partition coefficient (Wildman–Crippen LogP) is 5.10. The van der Waals surface area contributed by atoms with Crippen LogP contribution in [0.25, 0.3) is 0 Å². The van der Waals surface area contributed by atoms with E-state index in [9.17, 15) is 18.0 Å². The standard InChI is InChI=1S/C26H35Cl2N3O4S/c1-6-8-14-29-26(33)23(7-2)30(16-20-21(27)10-9-11-22(20)28)25(32)17-31(36(5,34)35)24-13-12-18(3)15-19(24)4/h9-13,15,23H,6-8,14,16-17H2,1-5H3,(H,29,33). The summed E-state index contributed by atoms with van der Waals surface area (Å²) in [5.41, 5.74) is 2.60. The van der Waals surface area contributed by atoms with E-state index < -0.39 is 28.5 Å². The third-order valence-corrected chi connectivity index (χ3v) is 7.74. The number of unbranched alkanes of at least 4 members (excludes halogenated alkanes) is 1. The highest BCUT2D eigenvalue weighted by Crippen LogP contribution is 2.28. The molecule has 0 aliphatic rings. The van der Waals surface area contributed by atoms with Crippen molar-refractivity contribution in [3.05, 3.63) is 63.1 Å². The molecule has 0 saturated carbocycles. The normalized spacial score (nSPS) is 12.2. The van der Waals surface area contributed by atoms with Gasteiger partial charge in [0, 0.05) is 28.7 Å². The molecule has 2 aromatic rings. The second-order valence-electron chi connectivity index (χ2n) is 8.85. The Morgan fingerprint density at radius 2 is 1.69 bits per heavy atom. The molecule has 2 aromatic carbocycles. The highest BCUT2D eigenvalue weighted by atomic mass is 35.5. The summed E-state index contributed by atoms with van der Waals surface area (Å²) in [6.07, 6.45) is 3.10. The molecule has 7 nitrogen and oxygen atoms in total. The molecule has 0 aromatic heterocycles. The molecule has 0 heterocycles. The van der Waals surface area contributed by atoms with E-state index in [1.165, 1.54) is 4.90 Å². The molecule has 0 bridgehead atoms. The lowest BCUT2D eigenvalue weighted by atomic mass is 10.1. The molecule has 1 atom stereocenters. The molecular weight excluding hydrogens is 521 g/mol. The maximum absolute atomic E-state index is 13.8. The van der Waals surface area contributed by atoms with E-state index in [0.29, 0.717) is 34.3 Å². The second-order valence-corrected chi connectivity index (χ2v) is 11.6. The topological polar surface area (TPSA) is 86.8 Å². The smallest absolute Gasteiger partial charge is 0.244 e. The Labute approximate surface area is 224 Å². The summed E-state index contributed by atoms with van der Waals surface area (Å²) in [5.74, 6) is -0.839. The average molecular weight is 557 g/mol. The number of nitrogens with zero attached hydrogens (tertiary/aromatic N) is 2. The predicted molar refractivity (Wildman–Crippen MR) is 147 cm³/mol. The van der Waals surface area contributed by atoms with E-state index in [1.54, 1.807) is 44.2 Å². The van der Waals surface area contributed by atoms with Gasteiger partial charge in [0.1, 0.15) is 12.6 Å². The number of nitrogens with one attached hydrogen (secondary N) is 1. The van der Waals surface area contributed by atoms with Crippen molar-refractivity contribution in [1.29, 1.82) is 0 Å². The first-order valence-electron chi connectivity index (χ1n) is 12.0.